The van der Waals surface area contributed by atoms with Gasteiger partial charge >= 0.3 is 11.9 Å². The van der Waals surface area contributed by atoms with E-state index in [9.17, 15) is 9.59 Å². The second-order valence-electron chi connectivity index (χ2n) is 5.79. The molecule has 6 nitrogen and oxygen atoms in total. The van der Waals surface area contributed by atoms with Crippen molar-refractivity contribution in [1.82, 2.24) is 9.97 Å². The van der Waals surface area contributed by atoms with Gasteiger partial charge in [-0.05, 0) is 24.3 Å². The van der Waals surface area contributed by atoms with Crippen LogP contribution in [0.1, 0.15) is 6.42 Å². The molecule has 27 heavy (non-hydrogen) atoms. The molecule has 132 valence electrons. The number of pyridine rings is 2. The monoisotopic (exact) mass is 358 g/mol. The maximum atomic E-state index is 12.2. The van der Waals surface area contributed by atoms with Gasteiger partial charge in [0.15, 0.2) is 11.5 Å². The topological polar surface area (TPSA) is 78.4 Å². The standard InChI is InChI=1S/C21H14N2O4/c24-18(26-16-9-1-5-14-7-3-11-22-20(14)16)13-19(25)27-17-10-2-6-15-8-4-12-23-21(15)17/h1-12H,13H2. The molecule has 0 aliphatic heterocycles. The summed E-state index contributed by atoms with van der Waals surface area (Å²) in [6, 6.07) is 17.8. The minimum atomic E-state index is -0.716. The smallest absolute Gasteiger partial charge is 0.322 e. The molecule has 0 saturated heterocycles. The lowest BCUT2D eigenvalue weighted by Crippen LogP contribution is -2.18. The van der Waals surface area contributed by atoms with Gasteiger partial charge in [0.1, 0.15) is 17.5 Å². The number of carbonyl (C=O) groups is 2. The molecule has 0 aliphatic rings. The molecule has 0 aliphatic carbocycles. The number of hydrogen-bond donors (Lipinski definition) is 0. The Balaban J connectivity index is 1.47. The van der Waals surface area contributed by atoms with Crippen LogP contribution < -0.4 is 9.47 Å². The molecule has 0 fully saturated rings. The minimum Gasteiger partial charge on any atom is -0.424 e. The zero-order valence-electron chi connectivity index (χ0n) is 14.2. The van der Waals surface area contributed by atoms with E-state index in [-0.39, 0.29) is 0 Å². The summed E-state index contributed by atoms with van der Waals surface area (Å²) in [7, 11) is 0. The molecule has 0 amide bonds. The molecular weight excluding hydrogens is 344 g/mol. The molecule has 2 heterocycles. The third-order valence-corrected chi connectivity index (χ3v) is 3.93. The van der Waals surface area contributed by atoms with Crippen molar-refractivity contribution in [3.8, 4) is 11.5 Å². The Bertz CT molecular complexity index is 1060. The van der Waals surface area contributed by atoms with Crippen LogP contribution in [0.5, 0.6) is 11.5 Å². The molecule has 0 atom stereocenters. The Morgan fingerprint density at radius 1 is 0.667 bits per heavy atom. The molecule has 0 unspecified atom stereocenters. The first-order valence-corrected chi connectivity index (χ1v) is 8.29. The quantitative estimate of drug-likeness (QED) is 0.315. The molecular formula is C21H14N2O4. The molecule has 2 aromatic carbocycles. The summed E-state index contributed by atoms with van der Waals surface area (Å²) in [5.41, 5.74) is 1.11. The number of para-hydroxylation sites is 2. The maximum absolute atomic E-state index is 12.2. The normalized spacial score (nSPS) is 10.7. The summed E-state index contributed by atoms with van der Waals surface area (Å²) in [6.07, 6.45) is 2.70. The van der Waals surface area contributed by atoms with Crippen LogP contribution in [0.25, 0.3) is 21.8 Å². The molecule has 0 radical (unpaired) electrons. The highest BCUT2D eigenvalue weighted by atomic mass is 16.6. The largest absolute Gasteiger partial charge is 0.424 e. The molecule has 6 heteroatoms. The SMILES string of the molecule is O=C(CC(=O)Oc1cccc2cccnc12)Oc1cccc2cccnc12. The first-order valence-electron chi connectivity index (χ1n) is 8.29. The summed E-state index contributed by atoms with van der Waals surface area (Å²) in [4.78, 5) is 32.7. The lowest BCUT2D eigenvalue weighted by Gasteiger charge is -2.08. The zero-order valence-corrected chi connectivity index (χ0v) is 14.2. The van der Waals surface area contributed by atoms with E-state index in [1.165, 1.54) is 0 Å². The zero-order chi connectivity index (χ0) is 18.6. The number of carbonyl (C=O) groups excluding carboxylic acids is 2. The van der Waals surface area contributed by atoms with Crippen LogP contribution in [0.2, 0.25) is 0 Å². The Morgan fingerprint density at radius 2 is 1.11 bits per heavy atom. The highest BCUT2D eigenvalue weighted by molar-refractivity contribution is 5.96. The van der Waals surface area contributed by atoms with E-state index in [2.05, 4.69) is 9.97 Å². The van der Waals surface area contributed by atoms with E-state index in [4.69, 9.17) is 9.47 Å². The van der Waals surface area contributed by atoms with Gasteiger partial charge < -0.3 is 9.47 Å². The Morgan fingerprint density at radius 3 is 1.59 bits per heavy atom. The van der Waals surface area contributed by atoms with Crippen molar-refractivity contribution in [2.75, 3.05) is 0 Å². The number of aromatic nitrogens is 2. The van der Waals surface area contributed by atoms with Crippen LogP contribution in [0.3, 0.4) is 0 Å². The van der Waals surface area contributed by atoms with E-state index in [1.807, 2.05) is 24.3 Å². The fraction of sp³-hybridized carbons (Fsp3) is 0.0476. The number of rotatable bonds is 4. The van der Waals surface area contributed by atoms with Gasteiger partial charge in [-0.25, -0.2) is 0 Å². The average Bonchev–Trinajstić information content (AvgIpc) is 2.68. The van der Waals surface area contributed by atoms with Crippen molar-refractivity contribution in [2.45, 2.75) is 6.42 Å². The predicted molar refractivity (Wildman–Crippen MR) is 99.4 cm³/mol. The number of esters is 2. The van der Waals surface area contributed by atoms with Gasteiger partial charge in [-0.2, -0.15) is 0 Å². The lowest BCUT2D eigenvalue weighted by molar-refractivity contribution is -0.144. The van der Waals surface area contributed by atoms with Gasteiger partial charge in [0.2, 0.25) is 0 Å². The summed E-state index contributed by atoms with van der Waals surface area (Å²) >= 11 is 0. The highest BCUT2D eigenvalue weighted by Crippen LogP contribution is 2.25. The molecule has 0 saturated carbocycles. The van der Waals surface area contributed by atoms with Crippen LogP contribution in [0.4, 0.5) is 0 Å². The number of fused-ring (bicyclic) bond motifs is 2. The molecule has 2 aromatic heterocycles. The van der Waals surface area contributed by atoms with Crippen molar-refractivity contribution >= 4 is 33.7 Å². The Kier molecular flexibility index (Phi) is 4.45. The molecule has 0 N–H and O–H groups in total. The third-order valence-electron chi connectivity index (χ3n) is 3.93. The van der Waals surface area contributed by atoms with Gasteiger partial charge in [0.05, 0.1) is 0 Å². The van der Waals surface area contributed by atoms with E-state index in [0.717, 1.165) is 10.8 Å². The van der Waals surface area contributed by atoms with Crippen LogP contribution in [0, 0.1) is 0 Å². The first kappa shape index (κ1) is 16.7. The van der Waals surface area contributed by atoms with Gasteiger partial charge in [-0.15, -0.1) is 0 Å². The average molecular weight is 358 g/mol. The number of nitrogens with zero attached hydrogens (tertiary/aromatic N) is 2. The van der Waals surface area contributed by atoms with Crippen LogP contribution in [0.15, 0.2) is 73.1 Å². The van der Waals surface area contributed by atoms with Crippen molar-refractivity contribution < 1.29 is 19.1 Å². The minimum absolute atomic E-state index is 0.303. The summed E-state index contributed by atoms with van der Waals surface area (Å²) < 4.78 is 10.6. The van der Waals surface area contributed by atoms with Gasteiger partial charge in [-0.3, -0.25) is 19.6 Å². The van der Waals surface area contributed by atoms with Crippen LogP contribution in [-0.2, 0) is 9.59 Å². The van der Waals surface area contributed by atoms with E-state index >= 15 is 0 Å². The highest BCUT2D eigenvalue weighted by Gasteiger charge is 2.16. The van der Waals surface area contributed by atoms with E-state index < -0.39 is 18.4 Å². The number of hydrogen-bond acceptors (Lipinski definition) is 6. The van der Waals surface area contributed by atoms with Crippen LogP contribution >= 0.6 is 0 Å². The van der Waals surface area contributed by atoms with Gasteiger partial charge in [0.25, 0.3) is 0 Å². The van der Waals surface area contributed by atoms with Gasteiger partial charge in [-0.1, -0.05) is 36.4 Å². The molecule has 4 aromatic rings. The van der Waals surface area contributed by atoms with Crippen molar-refractivity contribution in [3.63, 3.8) is 0 Å². The Hall–Kier alpha value is -3.80. The second kappa shape index (κ2) is 7.21. The maximum Gasteiger partial charge on any atom is 0.322 e. The fourth-order valence-electron chi connectivity index (χ4n) is 2.75. The summed E-state index contributed by atoms with van der Waals surface area (Å²) in [5, 5.41) is 1.68. The second-order valence-corrected chi connectivity index (χ2v) is 5.79. The summed E-state index contributed by atoms with van der Waals surface area (Å²) in [6.45, 7) is 0. The molecule has 0 bridgehead atoms. The Labute approximate surface area is 154 Å². The summed E-state index contributed by atoms with van der Waals surface area (Å²) in [5.74, 6) is -0.826. The first-order chi connectivity index (χ1) is 13.2. The number of benzene rings is 2. The van der Waals surface area contributed by atoms with Crippen molar-refractivity contribution in [1.29, 1.82) is 0 Å². The third kappa shape index (κ3) is 3.59. The fourth-order valence-corrected chi connectivity index (χ4v) is 2.75. The van der Waals surface area contributed by atoms with E-state index in [0.29, 0.717) is 22.5 Å². The van der Waals surface area contributed by atoms with Crippen molar-refractivity contribution in [2.24, 2.45) is 0 Å². The molecule has 0 spiro atoms. The van der Waals surface area contributed by atoms with Crippen molar-refractivity contribution in [3.05, 3.63) is 73.1 Å². The van der Waals surface area contributed by atoms with E-state index in [1.54, 1.807) is 48.8 Å². The van der Waals surface area contributed by atoms with Crippen LogP contribution in [-0.4, -0.2) is 21.9 Å². The van der Waals surface area contributed by atoms with Gasteiger partial charge in [0, 0.05) is 23.2 Å². The predicted octanol–water partition coefficient (Wildman–Crippen LogP) is 3.68. The lowest BCUT2D eigenvalue weighted by atomic mass is 10.2. The molecule has 4 rings (SSSR count). The number of ether oxygens (including phenoxy) is 2.